The first-order valence-corrected chi connectivity index (χ1v) is 13.2. The first-order chi connectivity index (χ1) is 17.2. The summed E-state index contributed by atoms with van der Waals surface area (Å²) in [6, 6.07) is 14.8. The van der Waals surface area contributed by atoms with Gasteiger partial charge in [-0.3, -0.25) is 9.71 Å². The summed E-state index contributed by atoms with van der Waals surface area (Å²) in [6.07, 6.45) is 3.19. The number of benzene rings is 2. The molecule has 188 valence electrons. The van der Waals surface area contributed by atoms with E-state index in [-0.39, 0.29) is 28.1 Å². The second-order valence-electron chi connectivity index (χ2n) is 8.15. The summed E-state index contributed by atoms with van der Waals surface area (Å²) >= 11 is 12.4. The minimum absolute atomic E-state index is 0.0545. The highest BCUT2D eigenvalue weighted by atomic mass is 35.5. The highest BCUT2D eigenvalue weighted by Crippen LogP contribution is 2.32. The molecular formula is C25H24Cl2N4O4S. The lowest BCUT2D eigenvalue weighted by molar-refractivity contribution is 0.260. The van der Waals surface area contributed by atoms with Crippen molar-refractivity contribution >= 4 is 49.8 Å². The Bertz CT molecular complexity index is 1480. The molecule has 0 bridgehead atoms. The third-order valence-corrected chi connectivity index (χ3v) is 7.30. The zero-order valence-electron chi connectivity index (χ0n) is 19.6. The second-order valence-corrected chi connectivity index (χ2v) is 10.6. The van der Waals surface area contributed by atoms with Gasteiger partial charge in [0.05, 0.1) is 15.6 Å². The Kier molecular flexibility index (Phi) is 8.15. The molecule has 0 aliphatic carbocycles. The van der Waals surface area contributed by atoms with E-state index in [2.05, 4.69) is 14.7 Å². The van der Waals surface area contributed by atoms with Crippen LogP contribution in [0.2, 0.25) is 10.0 Å². The molecule has 0 aliphatic rings. The van der Waals surface area contributed by atoms with E-state index in [0.717, 1.165) is 12.1 Å². The SMILES string of the molecule is CN(C)CCOc1cc(COc2nc3ccncc3cc2NS(=O)(=O)c2ccccc2Cl)ccc1Cl. The maximum Gasteiger partial charge on any atom is 0.263 e. The Morgan fingerprint density at radius 2 is 1.81 bits per heavy atom. The molecule has 0 unspecified atom stereocenters. The number of sulfonamides is 1. The molecule has 1 N–H and O–H groups in total. The van der Waals surface area contributed by atoms with Gasteiger partial charge in [0, 0.05) is 24.3 Å². The average molecular weight is 547 g/mol. The summed E-state index contributed by atoms with van der Waals surface area (Å²) in [5.74, 6) is 0.645. The molecule has 0 saturated carbocycles. The van der Waals surface area contributed by atoms with Crippen LogP contribution in [0, 0.1) is 0 Å². The number of hydrogen-bond acceptors (Lipinski definition) is 7. The average Bonchev–Trinajstić information content (AvgIpc) is 2.84. The van der Waals surface area contributed by atoms with Gasteiger partial charge in [-0.1, -0.05) is 41.4 Å². The van der Waals surface area contributed by atoms with Crippen molar-refractivity contribution in [2.24, 2.45) is 0 Å². The van der Waals surface area contributed by atoms with Crippen LogP contribution in [0.1, 0.15) is 5.56 Å². The second kappa shape index (κ2) is 11.3. The van der Waals surface area contributed by atoms with Crippen molar-refractivity contribution in [2.45, 2.75) is 11.5 Å². The Morgan fingerprint density at radius 1 is 1.00 bits per heavy atom. The quantitative estimate of drug-likeness (QED) is 0.290. The van der Waals surface area contributed by atoms with Crippen molar-refractivity contribution in [3.8, 4) is 11.6 Å². The van der Waals surface area contributed by atoms with E-state index in [4.69, 9.17) is 32.7 Å². The zero-order valence-corrected chi connectivity index (χ0v) is 21.9. The zero-order chi connectivity index (χ0) is 25.7. The van der Waals surface area contributed by atoms with E-state index in [1.807, 2.05) is 19.0 Å². The molecule has 0 saturated heterocycles. The third-order valence-electron chi connectivity index (χ3n) is 5.12. The van der Waals surface area contributed by atoms with Crippen molar-refractivity contribution < 1.29 is 17.9 Å². The Hall–Kier alpha value is -3.11. The van der Waals surface area contributed by atoms with Crippen LogP contribution in [0.5, 0.6) is 11.6 Å². The molecule has 36 heavy (non-hydrogen) atoms. The van der Waals surface area contributed by atoms with Crippen LogP contribution in [0.25, 0.3) is 10.9 Å². The van der Waals surface area contributed by atoms with Crippen molar-refractivity contribution in [3.05, 3.63) is 82.6 Å². The molecule has 0 spiro atoms. The lowest BCUT2D eigenvalue weighted by atomic mass is 10.2. The first-order valence-electron chi connectivity index (χ1n) is 10.9. The predicted octanol–water partition coefficient (Wildman–Crippen LogP) is 5.26. The van der Waals surface area contributed by atoms with E-state index in [1.54, 1.807) is 54.9 Å². The third kappa shape index (κ3) is 6.36. The predicted molar refractivity (Wildman–Crippen MR) is 142 cm³/mol. The number of anilines is 1. The van der Waals surface area contributed by atoms with Crippen LogP contribution in [-0.4, -0.2) is 50.5 Å². The number of pyridine rings is 2. The highest BCUT2D eigenvalue weighted by Gasteiger charge is 2.21. The largest absolute Gasteiger partial charge is 0.491 e. The van der Waals surface area contributed by atoms with Gasteiger partial charge in [-0.15, -0.1) is 0 Å². The van der Waals surface area contributed by atoms with E-state index in [9.17, 15) is 8.42 Å². The number of nitrogens with one attached hydrogen (secondary N) is 1. The lowest BCUT2D eigenvalue weighted by Gasteiger charge is -2.15. The van der Waals surface area contributed by atoms with Gasteiger partial charge in [-0.05, 0) is 56.1 Å². The first kappa shape index (κ1) is 26.0. The van der Waals surface area contributed by atoms with Gasteiger partial charge < -0.3 is 14.4 Å². The maximum absolute atomic E-state index is 13.1. The summed E-state index contributed by atoms with van der Waals surface area (Å²) in [6.45, 7) is 1.32. The van der Waals surface area contributed by atoms with Crippen LogP contribution >= 0.6 is 23.2 Å². The molecule has 2 aromatic carbocycles. The highest BCUT2D eigenvalue weighted by molar-refractivity contribution is 7.92. The fraction of sp³-hybridized carbons (Fsp3) is 0.200. The maximum atomic E-state index is 13.1. The fourth-order valence-corrected chi connectivity index (χ4v) is 5.02. The number of nitrogens with zero attached hydrogens (tertiary/aromatic N) is 3. The van der Waals surface area contributed by atoms with Crippen molar-refractivity contribution in [1.29, 1.82) is 0 Å². The van der Waals surface area contributed by atoms with Gasteiger partial charge in [-0.2, -0.15) is 0 Å². The molecular weight excluding hydrogens is 523 g/mol. The van der Waals surface area contributed by atoms with Gasteiger partial charge >= 0.3 is 0 Å². The van der Waals surface area contributed by atoms with Crippen LogP contribution < -0.4 is 14.2 Å². The molecule has 11 heteroatoms. The number of fused-ring (bicyclic) bond motifs is 1. The number of likely N-dealkylation sites (N-methyl/N-ethyl adjacent to an activating group) is 1. The number of halogens is 2. The molecule has 4 rings (SSSR count). The van der Waals surface area contributed by atoms with Gasteiger partial charge in [0.15, 0.2) is 0 Å². The van der Waals surface area contributed by atoms with Crippen LogP contribution in [-0.2, 0) is 16.6 Å². The molecule has 0 fully saturated rings. The monoisotopic (exact) mass is 546 g/mol. The summed E-state index contributed by atoms with van der Waals surface area (Å²) < 4.78 is 40.5. The molecule has 2 heterocycles. The fourth-order valence-electron chi connectivity index (χ4n) is 3.28. The summed E-state index contributed by atoms with van der Waals surface area (Å²) in [7, 11) is -0.0961. The normalized spacial score (nSPS) is 11.6. The molecule has 8 nitrogen and oxygen atoms in total. The van der Waals surface area contributed by atoms with E-state index >= 15 is 0 Å². The number of rotatable bonds is 10. The van der Waals surface area contributed by atoms with Gasteiger partial charge in [0.25, 0.3) is 10.0 Å². The van der Waals surface area contributed by atoms with Crippen molar-refractivity contribution in [3.63, 3.8) is 0 Å². The molecule has 0 radical (unpaired) electrons. The molecule has 4 aromatic rings. The Morgan fingerprint density at radius 3 is 2.58 bits per heavy atom. The van der Waals surface area contributed by atoms with Gasteiger partial charge in [-0.25, -0.2) is 13.4 Å². The summed E-state index contributed by atoms with van der Waals surface area (Å²) in [5.41, 5.74) is 1.53. The molecule has 0 amide bonds. The van der Waals surface area contributed by atoms with Gasteiger partial charge in [0.2, 0.25) is 5.88 Å². The molecule has 2 aromatic heterocycles. The van der Waals surface area contributed by atoms with Crippen LogP contribution in [0.15, 0.2) is 71.9 Å². The van der Waals surface area contributed by atoms with Crippen LogP contribution in [0.3, 0.4) is 0 Å². The van der Waals surface area contributed by atoms with E-state index < -0.39 is 10.0 Å². The standard InChI is InChI=1S/C25H24Cl2N4O4S/c1-31(2)11-12-34-23-13-17(7-8-19(23)26)16-35-25-22(14-18-15-28-10-9-21(18)29-25)30-36(32,33)24-6-4-3-5-20(24)27/h3-10,13-15,30H,11-12,16H2,1-2H3. The van der Waals surface area contributed by atoms with E-state index in [0.29, 0.717) is 28.3 Å². The Balaban J connectivity index is 1.61. The van der Waals surface area contributed by atoms with E-state index in [1.165, 1.54) is 12.1 Å². The smallest absolute Gasteiger partial charge is 0.263 e. The number of ether oxygens (including phenoxy) is 2. The minimum Gasteiger partial charge on any atom is -0.491 e. The van der Waals surface area contributed by atoms with Gasteiger partial charge in [0.1, 0.15) is 29.5 Å². The molecule has 0 atom stereocenters. The Labute approximate surface area is 219 Å². The molecule has 0 aliphatic heterocycles. The minimum atomic E-state index is -4.01. The van der Waals surface area contributed by atoms with Crippen LogP contribution in [0.4, 0.5) is 5.69 Å². The summed E-state index contributed by atoms with van der Waals surface area (Å²) in [5, 5.41) is 1.23. The lowest BCUT2D eigenvalue weighted by Crippen LogP contribution is -2.19. The van der Waals surface area contributed by atoms with Crippen molar-refractivity contribution in [1.82, 2.24) is 14.9 Å². The topological polar surface area (TPSA) is 93.7 Å². The number of aromatic nitrogens is 2. The summed E-state index contributed by atoms with van der Waals surface area (Å²) in [4.78, 5) is 10.6. The number of hydrogen-bond donors (Lipinski definition) is 1. The van der Waals surface area contributed by atoms with Crippen molar-refractivity contribution in [2.75, 3.05) is 32.0 Å².